The van der Waals surface area contributed by atoms with Crippen LogP contribution in [-0.2, 0) is 14.3 Å². The smallest absolute Gasteiger partial charge is 0.331 e. The Hall–Kier alpha value is -2.67. The molecule has 0 spiro atoms. The van der Waals surface area contributed by atoms with Crippen LogP contribution in [0.25, 0.3) is 6.08 Å². The highest BCUT2D eigenvalue weighted by atomic mass is 79.9. The summed E-state index contributed by atoms with van der Waals surface area (Å²) in [6.07, 6.45) is 1.64. The Kier molecular flexibility index (Phi) is 6.30. The van der Waals surface area contributed by atoms with E-state index in [1.165, 1.54) is 26.0 Å². The molecular weight excluding hydrogens is 390 g/mol. The van der Waals surface area contributed by atoms with Gasteiger partial charge in [-0.25, -0.2) is 4.79 Å². The number of hydrogen-bond acceptors (Lipinski definition) is 5. The van der Waals surface area contributed by atoms with Gasteiger partial charge in [0.2, 0.25) is 0 Å². The van der Waals surface area contributed by atoms with E-state index in [0.29, 0.717) is 21.7 Å². The van der Waals surface area contributed by atoms with Gasteiger partial charge in [-0.2, -0.15) is 0 Å². The Morgan fingerprint density at radius 3 is 2.40 bits per heavy atom. The summed E-state index contributed by atoms with van der Waals surface area (Å²) in [7, 11) is 0. The van der Waals surface area contributed by atoms with Crippen molar-refractivity contribution in [2.45, 2.75) is 20.0 Å². The fraction of sp³-hybridized carbons (Fsp3) is 0.167. The molecule has 0 aliphatic heterocycles. The first-order valence-electron chi connectivity index (χ1n) is 7.41. The molecule has 0 fully saturated rings. The lowest BCUT2D eigenvalue weighted by Crippen LogP contribution is -2.29. The maximum absolute atomic E-state index is 12.0. The number of carbonyl (C=O) groups is 3. The van der Waals surface area contributed by atoms with E-state index in [4.69, 9.17) is 9.15 Å². The summed E-state index contributed by atoms with van der Waals surface area (Å²) in [4.78, 5) is 35.0. The van der Waals surface area contributed by atoms with Crippen LogP contribution in [0.2, 0.25) is 0 Å². The monoisotopic (exact) mass is 405 g/mol. The number of amides is 1. The Labute approximate surface area is 153 Å². The van der Waals surface area contributed by atoms with Crippen molar-refractivity contribution in [2.75, 3.05) is 5.32 Å². The number of furan rings is 1. The van der Waals surface area contributed by atoms with Crippen molar-refractivity contribution in [1.82, 2.24) is 0 Å². The van der Waals surface area contributed by atoms with Gasteiger partial charge in [-0.05, 0) is 72.3 Å². The van der Waals surface area contributed by atoms with Crippen molar-refractivity contribution in [3.8, 4) is 0 Å². The molecule has 0 radical (unpaired) electrons. The van der Waals surface area contributed by atoms with Crippen LogP contribution in [0, 0.1) is 0 Å². The van der Waals surface area contributed by atoms with Gasteiger partial charge in [-0.3, -0.25) is 9.59 Å². The highest BCUT2D eigenvalue weighted by Crippen LogP contribution is 2.15. The molecular formula is C18H16BrNO5. The predicted molar refractivity (Wildman–Crippen MR) is 96.1 cm³/mol. The van der Waals surface area contributed by atoms with E-state index in [2.05, 4.69) is 21.2 Å². The lowest BCUT2D eigenvalue weighted by Gasteiger charge is -2.12. The molecule has 1 atom stereocenters. The quantitative estimate of drug-likeness (QED) is 0.448. The molecule has 1 unspecified atom stereocenters. The molecule has 25 heavy (non-hydrogen) atoms. The van der Waals surface area contributed by atoms with Gasteiger partial charge in [-0.1, -0.05) is 0 Å². The van der Waals surface area contributed by atoms with E-state index in [0.717, 1.165) is 0 Å². The summed E-state index contributed by atoms with van der Waals surface area (Å²) < 4.78 is 10.8. The zero-order valence-electron chi connectivity index (χ0n) is 13.6. The zero-order valence-corrected chi connectivity index (χ0v) is 15.2. The second kappa shape index (κ2) is 8.43. The first-order valence-corrected chi connectivity index (χ1v) is 8.20. The molecule has 1 amide bonds. The number of anilines is 1. The van der Waals surface area contributed by atoms with Crippen molar-refractivity contribution in [3.05, 3.63) is 58.5 Å². The van der Waals surface area contributed by atoms with Crippen molar-refractivity contribution < 1.29 is 23.5 Å². The number of hydrogen-bond donors (Lipinski definition) is 1. The van der Waals surface area contributed by atoms with E-state index < -0.39 is 18.0 Å². The van der Waals surface area contributed by atoms with Crippen molar-refractivity contribution in [1.29, 1.82) is 0 Å². The topological polar surface area (TPSA) is 85.6 Å². The Balaban J connectivity index is 1.87. The van der Waals surface area contributed by atoms with E-state index in [1.807, 2.05) is 0 Å². The Morgan fingerprint density at radius 2 is 1.84 bits per heavy atom. The molecule has 0 aliphatic carbocycles. The van der Waals surface area contributed by atoms with Crippen LogP contribution in [-0.4, -0.2) is 23.8 Å². The van der Waals surface area contributed by atoms with Gasteiger partial charge in [0.25, 0.3) is 5.91 Å². The van der Waals surface area contributed by atoms with E-state index >= 15 is 0 Å². The molecule has 0 saturated heterocycles. The maximum atomic E-state index is 12.0. The number of Topliss-reactive ketones (excluding diaryl/α,β-unsaturated/α-hetero) is 1. The first-order chi connectivity index (χ1) is 11.8. The maximum Gasteiger partial charge on any atom is 0.331 e. The molecule has 7 heteroatoms. The number of benzene rings is 1. The molecule has 130 valence electrons. The lowest BCUT2D eigenvalue weighted by atomic mass is 10.1. The van der Waals surface area contributed by atoms with Crippen LogP contribution in [0.4, 0.5) is 5.69 Å². The SMILES string of the molecule is CC(=O)c1ccc(NC(=O)C(C)OC(=O)/C=C/c2ccc(Br)o2)cc1. The van der Waals surface area contributed by atoms with Gasteiger partial charge in [0.15, 0.2) is 16.6 Å². The second-order valence-corrected chi connectivity index (χ2v) is 5.96. The normalized spacial score (nSPS) is 12.0. The number of ether oxygens (including phenoxy) is 1. The number of nitrogens with one attached hydrogen (secondary N) is 1. The highest BCUT2D eigenvalue weighted by Gasteiger charge is 2.16. The fourth-order valence-corrected chi connectivity index (χ4v) is 2.19. The van der Waals surface area contributed by atoms with Crippen molar-refractivity contribution >= 4 is 45.4 Å². The average molecular weight is 406 g/mol. The molecule has 1 aromatic heterocycles. The summed E-state index contributed by atoms with van der Waals surface area (Å²) >= 11 is 3.15. The van der Waals surface area contributed by atoms with Gasteiger partial charge in [0, 0.05) is 17.3 Å². The van der Waals surface area contributed by atoms with E-state index in [1.54, 1.807) is 36.4 Å². The molecule has 2 rings (SSSR count). The van der Waals surface area contributed by atoms with Crippen LogP contribution in [0.3, 0.4) is 0 Å². The number of halogens is 1. The van der Waals surface area contributed by atoms with Gasteiger partial charge < -0.3 is 14.5 Å². The van der Waals surface area contributed by atoms with Crippen LogP contribution in [0.5, 0.6) is 0 Å². The average Bonchev–Trinajstić information content (AvgIpc) is 2.99. The zero-order chi connectivity index (χ0) is 18.4. The van der Waals surface area contributed by atoms with Gasteiger partial charge in [0.05, 0.1) is 0 Å². The summed E-state index contributed by atoms with van der Waals surface area (Å²) in [5, 5.41) is 2.61. The third-order valence-electron chi connectivity index (χ3n) is 3.20. The highest BCUT2D eigenvalue weighted by molar-refractivity contribution is 9.10. The summed E-state index contributed by atoms with van der Waals surface area (Å²) in [6.45, 7) is 2.93. The standard InChI is InChI=1S/C18H16BrNO5/c1-11(21)13-3-5-14(6-4-13)20-18(23)12(2)24-17(22)10-8-15-7-9-16(19)25-15/h3-10,12H,1-2H3,(H,20,23)/b10-8+. The number of carbonyl (C=O) groups excluding carboxylic acids is 3. The molecule has 1 aromatic carbocycles. The Morgan fingerprint density at radius 1 is 1.16 bits per heavy atom. The molecule has 0 aliphatic rings. The number of rotatable bonds is 6. The predicted octanol–water partition coefficient (Wildman–Crippen LogP) is 3.83. The number of esters is 1. The van der Waals surface area contributed by atoms with Crippen molar-refractivity contribution in [3.63, 3.8) is 0 Å². The second-order valence-electron chi connectivity index (χ2n) is 5.18. The van der Waals surface area contributed by atoms with Gasteiger partial charge in [0.1, 0.15) is 5.76 Å². The summed E-state index contributed by atoms with van der Waals surface area (Å²) in [5.74, 6) is -0.720. The van der Waals surface area contributed by atoms with Crippen LogP contribution >= 0.6 is 15.9 Å². The van der Waals surface area contributed by atoms with Crippen molar-refractivity contribution in [2.24, 2.45) is 0 Å². The third kappa shape index (κ3) is 5.72. The van der Waals surface area contributed by atoms with Crippen LogP contribution in [0.1, 0.15) is 30.0 Å². The van der Waals surface area contributed by atoms with E-state index in [9.17, 15) is 14.4 Å². The fourth-order valence-electron chi connectivity index (χ4n) is 1.87. The van der Waals surface area contributed by atoms with E-state index in [-0.39, 0.29) is 5.78 Å². The molecule has 1 N–H and O–H groups in total. The lowest BCUT2D eigenvalue weighted by molar-refractivity contribution is -0.148. The third-order valence-corrected chi connectivity index (χ3v) is 3.62. The molecule has 0 bridgehead atoms. The summed E-state index contributed by atoms with van der Waals surface area (Å²) in [5.41, 5.74) is 1.06. The minimum atomic E-state index is -0.979. The minimum absolute atomic E-state index is 0.0597. The summed E-state index contributed by atoms with van der Waals surface area (Å²) in [6, 6.07) is 9.81. The van der Waals surface area contributed by atoms with Crippen LogP contribution in [0.15, 0.2) is 51.6 Å². The molecule has 0 saturated carbocycles. The molecule has 1 heterocycles. The van der Waals surface area contributed by atoms with Gasteiger partial charge in [-0.15, -0.1) is 0 Å². The first kappa shape index (κ1) is 18.7. The largest absolute Gasteiger partial charge is 0.450 e. The molecule has 6 nitrogen and oxygen atoms in total. The Bertz CT molecular complexity index is 807. The van der Waals surface area contributed by atoms with Gasteiger partial charge >= 0.3 is 5.97 Å². The minimum Gasteiger partial charge on any atom is -0.450 e. The molecule has 2 aromatic rings. The number of ketones is 1. The van der Waals surface area contributed by atoms with Crippen LogP contribution < -0.4 is 5.32 Å².